The summed E-state index contributed by atoms with van der Waals surface area (Å²) in [4.78, 5) is 11.7. The Labute approximate surface area is 78.4 Å². The van der Waals surface area contributed by atoms with E-state index in [-0.39, 0.29) is 0 Å². The molecule has 5 heteroatoms. The molecule has 0 bridgehead atoms. The second kappa shape index (κ2) is 2.84. The van der Waals surface area contributed by atoms with Crippen LogP contribution in [0.1, 0.15) is 0 Å². The average Bonchev–Trinajstić information content (AvgIpc) is 2.04. The van der Waals surface area contributed by atoms with E-state index in [0.29, 0.717) is 21.3 Å². The van der Waals surface area contributed by atoms with Crippen molar-refractivity contribution in [3.8, 4) is 0 Å². The molecule has 60 valence electrons. The minimum Gasteiger partial charge on any atom is -0.224 e. The summed E-state index contributed by atoms with van der Waals surface area (Å²) in [6.07, 6.45) is 1.36. The fourth-order valence-corrected chi connectivity index (χ4v) is 1.22. The Kier molecular flexibility index (Phi) is 1.83. The normalized spacial score (nSPS) is 10.5. The third kappa shape index (κ3) is 1.21. The molecule has 0 aromatic carbocycles. The third-order valence-corrected chi connectivity index (χ3v) is 1.93. The highest BCUT2D eigenvalue weighted by atomic mass is 35.5. The van der Waals surface area contributed by atoms with E-state index in [2.05, 4.69) is 15.0 Å². The molecule has 0 spiro atoms. The summed E-state index contributed by atoms with van der Waals surface area (Å²) in [5, 5.41) is 1.50. The molecule has 0 atom stereocenters. The van der Waals surface area contributed by atoms with Crippen molar-refractivity contribution in [1.29, 1.82) is 0 Å². The monoisotopic (exact) mass is 199 g/mol. The Morgan fingerprint density at radius 1 is 1.08 bits per heavy atom. The third-order valence-electron chi connectivity index (χ3n) is 1.41. The molecule has 0 fully saturated rings. The van der Waals surface area contributed by atoms with Gasteiger partial charge < -0.3 is 0 Å². The quantitative estimate of drug-likeness (QED) is 0.483. The summed E-state index contributed by atoms with van der Waals surface area (Å²) in [6, 6.07) is 3.39. The van der Waals surface area contributed by atoms with Crippen molar-refractivity contribution in [2.75, 3.05) is 0 Å². The van der Waals surface area contributed by atoms with Gasteiger partial charge in [0, 0.05) is 0 Å². The second-order valence-electron chi connectivity index (χ2n) is 2.17. The van der Waals surface area contributed by atoms with Crippen LogP contribution in [0.4, 0.5) is 0 Å². The van der Waals surface area contributed by atoms with Gasteiger partial charge in [-0.15, -0.1) is 0 Å². The number of aromatic nitrogens is 3. The maximum Gasteiger partial charge on any atom is 0.165 e. The second-order valence-corrected chi connectivity index (χ2v) is 2.91. The van der Waals surface area contributed by atoms with Gasteiger partial charge in [-0.25, -0.2) is 15.0 Å². The van der Waals surface area contributed by atoms with Crippen molar-refractivity contribution in [2.24, 2.45) is 0 Å². The van der Waals surface area contributed by atoms with Gasteiger partial charge in [0.1, 0.15) is 16.6 Å². The zero-order chi connectivity index (χ0) is 8.55. The van der Waals surface area contributed by atoms with E-state index in [1.165, 1.54) is 6.33 Å². The molecule has 0 saturated heterocycles. The number of hydrogen-bond donors (Lipinski definition) is 0. The minimum atomic E-state index is 0.393. The lowest BCUT2D eigenvalue weighted by molar-refractivity contribution is 1.18. The predicted octanol–water partition coefficient (Wildman–Crippen LogP) is 2.33. The van der Waals surface area contributed by atoms with Gasteiger partial charge in [0.25, 0.3) is 0 Å². The SMILES string of the molecule is Clc1ccc2c(Cl)ncnc2n1. The van der Waals surface area contributed by atoms with E-state index in [4.69, 9.17) is 23.2 Å². The van der Waals surface area contributed by atoms with Crippen LogP contribution in [0.3, 0.4) is 0 Å². The van der Waals surface area contributed by atoms with Crippen LogP contribution in [0.2, 0.25) is 10.3 Å². The van der Waals surface area contributed by atoms with Gasteiger partial charge in [0.15, 0.2) is 5.65 Å². The summed E-state index contributed by atoms with van der Waals surface area (Å²) in [5.41, 5.74) is 0.516. The lowest BCUT2D eigenvalue weighted by atomic mass is 10.3. The van der Waals surface area contributed by atoms with Crippen molar-refractivity contribution < 1.29 is 0 Å². The highest BCUT2D eigenvalue weighted by Gasteiger charge is 2.01. The number of hydrogen-bond acceptors (Lipinski definition) is 3. The summed E-state index contributed by atoms with van der Waals surface area (Å²) < 4.78 is 0. The molecule has 12 heavy (non-hydrogen) atoms. The first-order valence-corrected chi connectivity index (χ1v) is 3.96. The van der Waals surface area contributed by atoms with Crippen LogP contribution in [0.25, 0.3) is 11.0 Å². The Bertz CT molecular complexity index is 430. The van der Waals surface area contributed by atoms with Gasteiger partial charge in [-0.3, -0.25) is 0 Å². The van der Waals surface area contributed by atoms with E-state index in [9.17, 15) is 0 Å². The van der Waals surface area contributed by atoms with Gasteiger partial charge in [-0.2, -0.15) is 0 Å². The summed E-state index contributed by atoms with van der Waals surface area (Å²) in [6.45, 7) is 0. The number of rotatable bonds is 0. The molecular formula is C7H3Cl2N3. The molecular weight excluding hydrogens is 197 g/mol. The van der Waals surface area contributed by atoms with Crippen molar-refractivity contribution in [1.82, 2.24) is 15.0 Å². The Hall–Kier alpha value is -0.930. The largest absolute Gasteiger partial charge is 0.224 e. The van der Waals surface area contributed by atoms with Crippen LogP contribution < -0.4 is 0 Å². The smallest absolute Gasteiger partial charge is 0.165 e. The Balaban J connectivity index is 2.86. The van der Waals surface area contributed by atoms with Gasteiger partial charge in [-0.05, 0) is 12.1 Å². The highest BCUT2D eigenvalue weighted by Crippen LogP contribution is 2.18. The van der Waals surface area contributed by atoms with Gasteiger partial charge in [-0.1, -0.05) is 23.2 Å². The molecule has 2 aromatic rings. The topological polar surface area (TPSA) is 38.7 Å². The fraction of sp³-hybridized carbons (Fsp3) is 0. The van der Waals surface area contributed by atoms with Gasteiger partial charge in [0.2, 0.25) is 0 Å². The van der Waals surface area contributed by atoms with Crippen LogP contribution in [0, 0.1) is 0 Å². The van der Waals surface area contributed by atoms with Crippen molar-refractivity contribution in [3.05, 3.63) is 28.8 Å². The molecule has 0 saturated carbocycles. The zero-order valence-electron chi connectivity index (χ0n) is 5.83. The van der Waals surface area contributed by atoms with E-state index >= 15 is 0 Å². The Morgan fingerprint density at radius 2 is 1.92 bits per heavy atom. The summed E-state index contributed by atoms with van der Waals surface area (Å²) in [7, 11) is 0. The number of pyridine rings is 1. The van der Waals surface area contributed by atoms with Crippen LogP contribution in [0.15, 0.2) is 18.5 Å². The van der Waals surface area contributed by atoms with Gasteiger partial charge >= 0.3 is 0 Å². The molecule has 0 unspecified atom stereocenters. The summed E-state index contributed by atoms with van der Waals surface area (Å²) in [5.74, 6) is 0. The number of fused-ring (bicyclic) bond motifs is 1. The summed E-state index contributed by atoms with van der Waals surface area (Å²) >= 11 is 11.4. The van der Waals surface area contributed by atoms with E-state index in [1.807, 2.05) is 0 Å². The van der Waals surface area contributed by atoms with E-state index < -0.39 is 0 Å². The van der Waals surface area contributed by atoms with Crippen molar-refractivity contribution in [3.63, 3.8) is 0 Å². The van der Waals surface area contributed by atoms with E-state index in [0.717, 1.165) is 0 Å². The molecule has 3 nitrogen and oxygen atoms in total. The first-order valence-electron chi connectivity index (χ1n) is 3.20. The minimum absolute atomic E-state index is 0.393. The number of halogens is 2. The highest BCUT2D eigenvalue weighted by molar-refractivity contribution is 6.34. The maximum atomic E-state index is 5.78. The Morgan fingerprint density at radius 3 is 2.75 bits per heavy atom. The first-order chi connectivity index (χ1) is 5.77. The fourth-order valence-electron chi connectivity index (χ4n) is 0.889. The lowest BCUT2D eigenvalue weighted by Crippen LogP contribution is -1.86. The standard InChI is InChI=1S/C7H3Cl2N3/c8-5-2-1-4-6(9)10-3-11-7(4)12-5/h1-3H. The predicted molar refractivity (Wildman–Crippen MR) is 47.4 cm³/mol. The average molecular weight is 200 g/mol. The molecule has 2 rings (SSSR count). The molecule has 2 heterocycles. The first kappa shape index (κ1) is 7.71. The zero-order valence-corrected chi connectivity index (χ0v) is 7.34. The van der Waals surface area contributed by atoms with Crippen molar-refractivity contribution >= 4 is 34.2 Å². The molecule has 0 aliphatic carbocycles. The molecule has 0 radical (unpaired) electrons. The van der Waals surface area contributed by atoms with E-state index in [1.54, 1.807) is 12.1 Å². The van der Waals surface area contributed by atoms with Crippen LogP contribution in [-0.2, 0) is 0 Å². The van der Waals surface area contributed by atoms with Gasteiger partial charge in [0.05, 0.1) is 5.39 Å². The van der Waals surface area contributed by atoms with Crippen LogP contribution >= 0.6 is 23.2 Å². The molecule has 0 N–H and O–H groups in total. The lowest BCUT2D eigenvalue weighted by Gasteiger charge is -1.96. The molecule has 2 aromatic heterocycles. The molecule has 0 aliphatic rings. The molecule has 0 amide bonds. The van der Waals surface area contributed by atoms with Crippen molar-refractivity contribution in [2.45, 2.75) is 0 Å². The molecule has 0 aliphatic heterocycles. The maximum absolute atomic E-state index is 5.78. The van der Waals surface area contributed by atoms with Crippen LogP contribution in [-0.4, -0.2) is 15.0 Å². The van der Waals surface area contributed by atoms with Crippen LogP contribution in [0.5, 0.6) is 0 Å². The number of nitrogens with zero attached hydrogens (tertiary/aromatic N) is 3.